The maximum atomic E-state index is 13.1. The highest BCUT2D eigenvalue weighted by Crippen LogP contribution is 2.36. The second-order valence-electron chi connectivity index (χ2n) is 4.83. The van der Waals surface area contributed by atoms with Gasteiger partial charge in [0.1, 0.15) is 6.33 Å². The van der Waals surface area contributed by atoms with Gasteiger partial charge in [0.25, 0.3) is 0 Å². The molecule has 0 aliphatic carbocycles. The van der Waals surface area contributed by atoms with Crippen molar-refractivity contribution in [3.05, 3.63) is 41.5 Å². The van der Waals surface area contributed by atoms with Crippen LogP contribution in [-0.4, -0.2) is 21.3 Å². The van der Waals surface area contributed by atoms with E-state index in [2.05, 4.69) is 26.1 Å². The highest BCUT2D eigenvalue weighted by Gasteiger charge is 2.34. The van der Waals surface area contributed by atoms with E-state index in [4.69, 9.17) is 0 Å². The van der Waals surface area contributed by atoms with Gasteiger partial charge in [0.15, 0.2) is 5.82 Å². The lowest BCUT2D eigenvalue weighted by atomic mass is 10.1. The van der Waals surface area contributed by atoms with Crippen molar-refractivity contribution in [3.63, 3.8) is 0 Å². The quantitative estimate of drug-likeness (QED) is 0.771. The average molecular weight is 361 g/mol. The maximum absolute atomic E-state index is 13.1. The third kappa shape index (κ3) is 2.76. The van der Waals surface area contributed by atoms with Crippen LogP contribution in [0.5, 0.6) is 0 Å². The molecule has 3 rings (SSSR count). The smallest absolute Gasteiger partial charge is 0.362 e. The summed E-state index contributed by atoms with van der Waals surface area (Å²) in [5, 5.41) is 7.97. The molecule has 0 N–H and O–H groups in total. The molecule has 4 nitrogen and oxygen atoms in total. The summed E-state index contributed by atoms with van der Waals surface area (Å²) in [6.07, 6.45) is -2.71. The fraction of sp³-hybridized carbons (Fsp3) is 0.385. The maximum Gasteiger partial charge on any atom is 0.416 e. The molecule has 1 aromatic carbocycles. The molecule has 0 bridgehead atoms. The van der Waals surface area contributed by atoms with Gasteiger partial charge in [-0.3, -0.25) is 0 Å². The molecule has 0 radical (unpaired) electrons. The van der Waals surface area contributed by atoms with Crippen molar-refractivity contribution < 1.29 is 13.2 Å². The van der Waals surface area contributed by atoms with Gasteiger partial charge in [0, 0.05) is 24.1 Å². The van der Waals surface area contributed by atoms with Gasteiger partial charge in [-0.25, -0.2) is 0 Å². The van der Waals surface area contributed by atoms with E-state index in [1.807, 2.05) is 9.47 Å². The molecule has 0 saturated carbocycles. The fourth-order valence-electron chi connectivity index (χ4n) is 2.43. The van der Waals surface area contributed by atoms with Gasteiger partial charge < -0.3 is 9.47 Å². The highest BCUT2D eigenvalue weighted by molar-refractivity contribution is 9.08. The van der Waals surface area contributed by atoms with E-state index in [0.717, 1.165) is 5.82 Å². The number of halogens is 4. The Kier molecular flexibility index (Phi) is 3.64. The molecule has 112 valence electrons. The van der Waals surface area contributed by atoms with Crippen molar-refractivity contribution in [3.8, 4) is 0 Å². The van der Waals surface area contributed by atoms with E-state index >= 15 is 0 Å². The Morgan fingerprint density at radius 3 is 2.76 bits per heavy atom. The second-order valence-corrected chi connectivity index (χ2v) is 5.40. The van der Waals surface area contributed by atoms with Crippen LogP contribution in [0, 0.1) is 0 Å². The Bertz CT molecular complexity index is 653. The molecule has 2 aromatic rings. The fourth-order valence-corrected chi connectivity index (χ4v) is 2.92. The molecule has 1 aliphatic rings. The van der Waals surface area contributed by atoms with E-state index in [1.165, 1.54) is 12.1 Å². The van der Waals surface area contributed by atoms with Gasteiger partial charge in [-0.05, 0) is 17.7 Å². The van der Waals surface area contributed by atoms with Gasteiger partial charge in [-0.15, -0.1) is 10.2 Å². The number of rotatable bonds is 2. The number of benzene rings is 1. The summed E-state index contributed by atoms with van der Waals surface area (Å²) in [5.41, 5.74) is 0.205. The van der Waals surface area contributed by atoms with E-state index in [1.54, 1.807) is 12.4 Å². The standard InChI is InChI=1S/C13H12BrF3N4/c14-6-9-1-2-10(5-11(9)13(15,16)17)20-3-4-21-8-18-19-12(21)7-20/h1-2,5,8H,3-4,6-7H2. The van der Waals surface area contributed by atoms with Crippen molar-refractivity contribution in [1.29, 1.82) is 0 Å². The molecule has 0 spiro atoms. The van der Waals surface area contributed by atoms with E-state index in [0.29, 0.717) is 25.3 Å². The number of hydrogen-bond donors (Lipinski definition) is 0. The van der Waals surface area contributed by atoms with Crippen molar-refractivity contribution >= 4 is 21.6 Å². The number of fused-ring (bicyclic) bond motifs is 1. The lowest BCUT2D eigenvalue weighted by Crippen LogP contribution is -2.33. The summed E-state index contributed by atoms with van der Waals surface area (Å²) < 4.78 is 41.2. The first-order chi connectivity index (χ1) is 9.99. The van der Waals surface area contributed by atoms with Crippen LogP contribution in [0.4, 0.5) is 18.9 Å². The van der Waals surface area contributed by atoms with E-state index in [-0.39, 0.29) is 10.9 Å². The zero-order valence-corrected chi connectivity index (χ0v) is 12.5. The summed E-state index contributed by atoms with van der Waals surface area (Å²) in [4.78, 5) is 1.89. The molecule has 0 saturated heterocycles. The molecule has 21 heavy (non-hydrogen) atoms. The van der Waals surface area contributed by atoms with Crippen LogP contribution in [-0.2, 0) is 24.6 Å². The van der Waals surface area contributed by atoms with E-state index < -0.39 is 11.7 Å². The van der Waals surface area contributed by atoms with Crippen molar-refractivity contribution in [1.82, 2.24) is 14.8 Å². The lowest BCUT2D eigenvalue weighted by Gasteiger charge is -2.29. The number of alkyl halides is 4. The number of nitrogens with zero attached hydrogens (tertiary/aromatic N) is 4. The minimum absolute atomic E-state index is 0.177. The van der Waals surface area contributed by atoms with Gasteiger partial charge in [-0.2, -0.15) is 13.2 Å². The highest BCUT2D eigenvalue weighted by atomic mass is 79.9. The molecule has 0 fully saturated rings. The minimum Gasteiger partial charge on any atom is -0.362 e. The molecule has 2 heterocycles. The largest absolute Gasteiger partial charge is 0.416 e. The lowest BCUT2D eigenvalue weighted by molar-refractivity contribution is -0.138. The predicted molar refractivity (Wildman–Crippen MR) is 75.1 cm³/mol. The third-order valence-corrected chi connectivity index (χ3v) is 4.15. The van der Waals surface area contributed by atoms with Gasteiger partial charge in [0.2, 0.25) is 0 Å². The van der Waals surface area contributed by atoms with Gasteiger partial charge >= 0.3 is 6.18 Å². The summed E-state index contributed by atoms with van der Waals surface area (Å²) in [5.74, 6) is 0.763. The van der Waals surface area contributed by atoms with Crippen LogP contribution in [0.2, 0.25) is 0 Å². The summed E-state index contributed by atoms with van der Waals surface area (Å²) in [6.45, 7) is 1.77. The van der Waals surface area contributed by atoms with Crippen LogP contribution in [0.1, 0.15) is 17.0 Å². The summed E-state index contributed by atoms with van der Waals surface area (Å²) >= 11 is 3.10. The zero-order chi connectivity index (χ0) is 15.0. The van der Waals surface area contributed by atoms with Crippen molar-refractivity contribution in [2.45, 2.75) is 24.6 Å². The molecule has 0 atom stereocenters. The Balaban J connectivity index is 1.93. The summed E-state index contributed by atoms with van der Waals surface area (Å²) in [7, 11) is 0. The normalized spacial score (nSPS) is 15.1. The Labute approximate surface area is 127 Å². The van der Waals surface area contributed by atoms with Crippen LogP contribution >= 0.6 is 15.9 Å². The average Bonchev–Trinajstić information content (AvgIpc) is 2.93. The first kappa shape index (κ1) is 14.4. The summed E-state index contributed by atoms with van der Waals surface area (Å²) in [6, 6.07) is 4.45. The Morgan fingerprint density at radius 2 is 2.05 bits per heavy atom. The SMILES string of the molecule is FC(F)(F)c1cc(N2CCn3cnnc3C2)ccc1CBr. The molecule has 8 heteroatoms. The van der Waals surface area contributed by atoms with Crippen LogP contribution in [0.15, 0.2) is 24.5 Å². The van der Waals surface area contributed by atoms with Crippen LogP contribution in [0.3, 0.4) is 0 Å². The van der Waals surface area contributed by atoms with Gasteiger partial charge in [-0.1, -0.05) is 22.0 Å². The zero-order valence-electron chi connectivity index (χ0n) is 10.9. The monoisotopic (exact) mass is 360 g/mol. The minimum atomic E-state index is -4.35. The van der Waals surface area contributed by atoms with Crippen molar-refractivity contribution in [2.24, 2.45) is 0 Å². The van der Waals surface area contributed by atoms with Crippen molar-refractivity contribution in [2.75, 3.05) is 11.4 Å². The molecule has 0 amide bonds. The number of anilines is 1. The molecule has 0 unspecified atom stereocenters. The Hall–Kier alpha value is -1.57. The van der Waals surface area contributed by atoms with E-state index in [9.17, 15) is 13.2 Å². The molecular formula is C13H12BrF3N4. The second kappa shape index (κ2) is 5.32. The molecule has 1 aromatic heterocycles. The van der Waals surface area contributed by atoms with Crippen LogP contribution in [0.25, 0.3) is 0 Å². The van der Waals surface area contributed by atoms with Gasteiger partial charge in [0.05, 0.1) is 12.1 Å². The van der Waals surface area contributed by atoms with Crippen LogP contribution < -0.4 is 4.90 Å². The number of hydrogen-bond acceptors (Lipinski definition) is 3. The first-order valence-corrected chi connectivity index (χ1v) is 7.49. The first-order valence-electron chi connectivity index (χ1n) is 6.37. The molecular weight excluding hydrogens is 349 g/mol. The predicted octanol–water partition coefficient (Wildman–Crippen LogP) is 3.21. The Morgan fingerprint density at radius 1 is 1.24 bits per heavy atom. The third-order valence-electron chi connectivity index (χ3n) is 3.55. The number of aromatic nitrogens is 3. The molecule has 1 aliphatic heterocycles. The topological polar surface area (TPSA) is 34.0 Å².